The van der Waals surface area contributed by atoms with Crippen LogP contribution in [0.2, 0.25) is 5.02 Å². The van der Waals surface area contributed by atoms with Crippen LogP contribution in [0.15, 0.2) is 47.4 Å². The Kier molecular flexibility index (Phi) is 7.82. The molecule has 0 saturated carbocycles. The predicted molar refractivity (Wildman–Crippen MR) is 103 cm³/mol. The summed E-state index contributed by atoms with van der Waals surface area (Å²) in [6.45, 7) is -0.582. The Morgan fingerprint density at radius 1 is 1.11 bits per heavy atom. The number of ether oxygens (including phenoxy) is 1. The Morgan fingerprint density at radius 2 is 1.81 bits per heavy atom. The largest absolute Gasteiger partial charge is 0.456 e. The van der Waals surface area contributed by atoms with Crippen LogP contribution in [0.5, 0.6) is 0 Å². The molecule has 142 valence electrons. The first-order valence-electron chi connectivity index (χ1n) is 7.97. The summed E-state index contributed by atoms with van der Waals surface area (Å²) in [6, 6.07) is 10.8. The zero-order valence-corrected chi connectivity index (χ0v) is 16.0. The minimum Gasteiger partial charge on any atom is -0.456 e. The van der Waals surface area contributed by atoms with Gasteiger partial charge < -0.3 is 10.1 Å². The number of rotatable bonds is 8. The van der Waals surface area contributed by atoms with Gasteiger partial charge in [-0.05, 0) is 36.6 Å². The highest BCUT2D eigenvalue weighted by Crippen LogP contribution is 2.19. The molecule has 0 radical (unpaired) electrons. The van der Waals surface area contributed by atoms with Gasteiger partial charge >= 0.3 is 5.97 Å². The second-order valence-electron chi connectivity index (χ2n) is 5.48. The fraction of sp³-hybridized carbons (Fsp3) is 0.211. The molecule has 0 aromatic heterocycles. The minimum atomic E-state index is -0.705. The third-order valence-corrected chi connectivity index (χ3v) is 4.51. The van der Waals surface area contributed by atoms with Crippen molar-refractivity contribution in [1.82, 2.24) is 0 Å². The van der Waals surface area contributed by atoms with Crippen molar-refractivity contribution in [3.8, 4) is 0 Å². The van der Waals surface area contributed by atoms with Gasteiger partial charge in [-0.1, -0.05) is 23.7 Å². The van der Waals surface area contributed by atoms with Gasteiger partial charge in [-0.15, -0.1) is 11.8 Å². The first kappa shape index (κ1) is 20.9. The molecular weight excluding hydrogens is 393 g/mol. The molecule has 8 heteroatoms. The van der Waals surface area contributed by atoms with Crippen molar-refractivity contribution in [3.63, 3.8) is 0 Å². The van der Waals surface area contributed by atoms with Gasteiger partial charge in [0.05, 0.1) is 12.1 Å². The van der Waals surface area contributed by atoms with E-state index in [0.29, 0.717) is 5.56 Å². The highest BCUT2D eigenvalue weighted by molar-refractivity contribution is 7.98. The fourth-order valence-electron chi connectivity index (χ4n) is 2.13. The molecule has 0 bridgehead atoms. The maximum absolute atomic E-state index is 13.5. The number of hydrogen-bond acceptors (Lipinski definition) is 5. The van der Waals surface area contributed by atoms with E-state index >= 15 is 0 Å². The number of thioether (sulfide) groups is 1. The molecule has 2 aromatic rings. The smallest absolute Gasteiger partial charge is 0.306 e. The Bertz CT molecular complexity index is 842. The average molecular weight is 410 g/mol. The number of amides is 1. The molecule has 1 amide bonds. The van der Waals surface area contributed by atoms with E-state index < -0.39 is 24.3 Å². The number of carbonyl (C=O) groups excluding carboxylic acids is 3. The van der Waals surface area contributed by atoms with Crippen LogP contribution in [0.4, 0.5) is 10.1 Å². The zero-order valence-electron chi connectivity index (χ0n) is 14.5. The molecule has 0 spiro atoms. The number of ketones is 1. The van der Waals surface area contributed by atoms with E-state index in [2.05, 4.69) is 5.32 Å². The zero-order chi connectivity index (χ0) is 19.8. The molecule has 0 heterocycles. The monoisotopic (exact) mass is 409 g/mol. The Balaban J connectivity index is 1.75. The van der Waals surface area contributed by atoms with E-state index in [9.17, 15) is 18.8 Å². The van der Waals surface area contributed by atoms with Crippen LogP contribution >= 0.6 is 23.4 Å². The molecule has 0 aliphatic heterocycles. The second kappa shape index (κ2) is 10.1. The molecule has 0 atom stereocenters. The summed E-state index contributed by atoms with van der Waals surface area (Å²) in [4.78, 5) is 36.5. The van der Waals surface area contributed by atoms with Gasteiger partial charge in [0.25, 0.3) is 5.91 Å². The number of anilines is 1. The number of halogens is 2. The van der Waals surface area contributed by atoms with Crippen molar-refractivity contribution in [2.45, 2.75) is 17.7 Å². The van der Waals surface area contributed by atoms with Crippen LogP contribution in [0, 0.1) is 5.82 Å². The third kappa shape index (κ3) is 6.69. The Morgan fingerprint density at radius 3 is 2.48 bits per heavy atom. The highest BCUT2D eigenvalue weighted by atomic mass is 35.5. The van der Waals surface area contributed by atoms with Gasteiger partial charge in [0.2, 0.25) is 0 Å². The molecule has 0 unspecified atom stereocenters. The van der Waals surface area contributed by atoms with Crippen LogP contribution < -0.4 is 5.32 Å². The van der Waals surface area contributed by atoms with Crippen LogP contribution in [0.3, 0.4) is 0 Å². The SMILES string of the molecule is CSc1ccc(C(=O)CCC(=O)OCC(=O)Nc2cc(Cl)ccc2F)cc1. The van der Waals surface area contributed by atoms with Crippen LogP contribution in [0.1, 0.15) is 23.2 Å². The van der Waals surface area contributed by atoms with E-state index in [4.69, 9.17) is 16.3 Å². The number of nitrogens with one attached hydrogen (secondary N) is 1. The van der Waals surface area contributed by atoms with Crippen LogP contribution in [-0.2, 0) is 14.3 Å². The van der Waals surface area contributed by atoms with Gasteiger partial charge in [0, 0.05) is 21.9 Å². The number of carbonyl (C=O) groups is 3. The van der Waals surface area contributed by atoms with E-state index in [0.717, 1.165) is 11.0 Å². The molecule has 0 aliphatic rings. The number of benzene rings is 2. The minimum absolute atomic E-state index is 0.0258. The van der Waals surface area contributed by atoms with Gasteiger partial charge in [0.15, 0.2) is 12.4 Å². The maximum Gasteiger partial charge on any atom is 0.306 e. The number of esters is 1. The lowest BCUT2D eigenvalue weighted by molar-refractivity contribution is -0.147. The number of hydrogen-bond donors (Lipinski definition) is 1. The lowest BCUT2D eigenvalue weighted by Crippen LogP contribution is -2.21. The Hall–Kier alpha value is -2.38. The van der Waals surface area contributed by atoms with Crippen molar-refractivity contribution in [2.24, 2.45) is 0 Å². The topological polar surface area (TPSA) is 72.5 Å². The van der Waals surface area contributed by atoms with Crippen LogP contribution in [0.25, 0.3) is 0 Å². The summed E-state index contributed by atoms with van der Waals surface area (Å²) in [6.07, 6.45) is 1.76. The molecule has 2 rings (SSSR count). The first-order valence-corrected chi connectivity index (χ1v) is 9.57. The molecule has 0 saturated heterocycles. The van der Waals surface area contributed by atoms with E-state index in [1.165, 1.54) is 12.1 Å². The fourth-order valence-corrected chi connectivity index (χ4v) is 2.71. The van der Waals surface area contributed by atoms with E-state index in [1.807, 2.05) is 18.4 Å². The normalized spacial score (nSPS) is 10.3. The standard InChI is InChI=1S/C19H17ClFNO4S/c1-27-14-5-2-12(3-6-14)17(23)8-9-19(25)26-11-18(24)22-16-10-13(20)4-7-15(16)21/h2-7,10H,8-9,11H2,1H3,(H,22,24). The van der Waals surface area contributed by atoms with Gasteiger partial charge in [-0.3, -0.25) is 14.4 Å². The lowest BCUT2D eigenvalue weighted by atomic mass is 10.1. The molecular formula is C19H17ClFNO4S. The third-order valence-electron chi connectivity index (χ3n) is 3.53. The van der Waals surface area contributed by atoms with Crippen LogP contribution in [-0.4, -0.2) is 30.5 Å². The summed E-state index contributed by atoms with van der Waals surface area (Å²) in [5.74, 6) is -2.24. The summed E-state index contributed by atoms with van der Waals surface area (Å²) in [5, 5.41) is 2.52. The van der Waals surface area contributed by atoms with Crippen molar-refractivity contribution in [3.05, 3.63) is 58.9 Å². The lowest BCUT2D eigenvalue weighted by Gasteiger charge is -2.08. The molecule has 5 nitrogen and oxygen atoms in total. The summed E-state index contributed by atoms with van der Waals surface area (Å²) >= 11 is 7.29. The molecule has 1 N–H and O–H groups in total. The summed E-state index contributed by atoms with van der Waals surface area (Å²) < 4.78 is 18.3. The quantitative estimate of drug-likeness (QED) is 0.398. The van der Waals surface area contributed by atoms with Gasteiger partial charge in [-0.25, -0.2) is 4.39 Å². The van der Waals surface area contributed by atoms with Crippen molar-refractivity contribution >= 4 is 46.7 Å². The van der Waals surface area contributed by atoms with Gasteiger partial charge in [0.1, 0.15) is 5.82 Å². The highest BCUT2D eigenvalue weighted by Gasteiger charge is 2.13. The predicted octanol–water partition coefficient (Wildman–Crippen LogP) is 4.35. The summed E-state index contributed by atoms with van der Waals surface area (Å²) in [5.41, 5.74) is 0.405. The van der Waals surface area contributed by atoms with E-state index in [1.54, 1.807) is 23.9 Å². The molecule has 27 heavy (non-hydrogen) atoms. The number of Topliss-reactive ketones (excluding diaryl/α,β-unsaturated/α-hetero) is 1. The molecule has 0 aliphatic carbocycles. The van der Waals surface area contributed by atoms with Crippen molar-refractivity contribution < 1.29 is 23.5 Å². The first-order chi connectivity index (χ1) is 12.9. The average Bonchev–Trinajstić information content (AvgIpc) is 2.67. The summed E-state index contributed by atoms with van der Waals surface area (Å²) in [7, 11) is 0. The molecule has 2 aromatic carbocycles. The van der Waals surface area contributed by atoms with Gasteiger partial charge in [-0.2, -0.15) is 0 Å². The Labute approximate surface area is 165 Å². The molecule has 0 fully saturated rings. The van der Waals surface area contributed by atoms with E-state index in [-0.39, 0.29) is 29.3 Å². The van der Waals surface area contributed by atoms with Crippen molar-refractivity contribution in [2.75, 3.05) is 18.2 Å². The van der Waals surface area contributed by atoms with Crippen molar-refractivity contribution in [1.29, 1.82) is 0 Å². The second-order valence-corrected chi connectivity index (χ2v) is 6.80. The maximum atomic E-state index is 13.5.